The number of rotatable bonds is 7. The minimum Gasteiger partial charge on any atom is -0.347 e. The number of nitrogens with zero attached hydrogens (tertiary/aromatic N) is 5. The summed E-state index contributed by atoms with van der Waals surface area (Å²) >= 11 is 0. The molecule has 2 atom stereocenters. The summed E-state index contributed by atoms with van der Waals surface area (Å²) in [5.41, 5.74) is 15.7. The molecule has 0 unspecified atom stereocenters. The maximum atomic E-state index is 14.1. The minimum absolute atomic E-state index is 0.0319. The van der Waals surface area contributed by atoms with Gasteiger partial charge < -0.3 is 14.3 Å². The van der Waals surface area contributed by atoms with Crippen molar-refractivity contribution in [1.82, 2.24) is 9.97 Å². The Hall–Kier alpha value is -4.24. The van der Waals surface area contributed by atoms with Crippen LogP contribution in [0.5, 0.6) is 0 Å². The molecule has 0 radical (unpaired) electrons. The van der Waals surface area contributed by atoms with Crippen LogP contribution in [-0.4, -0.2) is 40.2 Å². The number of aldehydes is 1. The molecule has 1 amide bonds. The highest BCUT2D eigenvalue weighted by Gasteiger charge is 2.34. The molecule has 0 bridgehead atoms. The first-order valence-electron chi connectivity index (χ1n) is 14.5. The molecule has 5 rings (SSSR count). The average molecular weight is 584 g/mol. The second-order valence-electron chi connectivity index (χ2n) is 11.6. The maximum Gasteiger partial charge on any atom is 0.267 e. The van der Waals surface area contributed by atoms with Crippen molar-refractivity contribution in [3.05, 3.63) is 86.9 Å². The Kier molecular flexibility index (Phi) is 8.82. The molecule has 2 aliphatic rings. The SMILES string of the molecule is CC(C)c1nc2c(c(-c3ccc(F)cc3)c1/C=C/[C@@H]1C[C@H](CC=O)OC(C)(C)O1)CCCc1nc(C(=O)N=[N+]=[N-])ccc1-2. The van der Waals surface area contributed by atoms with Crippen LogP contribution in [0, 0.1) is 5.82 Å². The molecule has 1 aromatic carbocycles. The molecular formula is C33H34FN5O4. The van der Waals surface area contributed by atoms with Gasteiger partial charge in [0.2, 0.25) is 0 Å². The molecule has 1 aliphatic carbocycles. The number of fused-ring (bicyclic) bond motifs is 3. The van der Waals surface area contributed by atoms with Crippen molar-refractivity contribution in [3.63, 3.8) is 0 Å². The van der Waals surface area contributed by atoms with Crippen LogP contribution in [0.3, 0.4) is 0 Å². The van der Waals surface area contributed by atoms with Crippen LogP contribution in [0.15, 0.2) is 47.6 Å². The number of hydrogen-bond acceptors (Lipinski definition) is 6. The normalized spacial score (nSPS) is 19.3. The van der Waals surface area contributed by atoms with Gasteiger partial charge in [-0.2, -0.15) is 0 Å². The topological polar surface area (TPSA) is 127 Å². The lowest BCUT2D eigenvalue weighted by Crippen LogP contribution is -2.44. The second-order valence-corrected chi connectivity index (χ2v) is 11.6. The number of hydrogen-bond donors (Lipinski definition) is 0. The Labute approximate surface area is 249 Å². The molecule has 0 saturated carbocycles. The Morgan fingerprint density at radius 3 is 2.63 bits per heavy atom. The maximum absolute atomic E-state index is 14.1. The predicted octanol–water partition coefficient (Wildman–Crippen LogP) is 7.52. The van der Waals surface area contributed by atoms with Gasteiger partial charge in [-0.25, -0.2) is 9.37 Å². The fourth-order valence-corrected chi connectivity index (χ4v) is 5.95. The first-order valence-corrected chi connectivity index (χ1v) is 14.5. The minimum atomic E-state index is -0.844. The van der Waals surface area contributed by atoms with Crippen molar-refractivity contribution in [3.8, 4) is 22.4 Å². The Bertz CT molecular complexity index is 1630. The number of carbonyl (C=O) groups is 2. The van der Waals surface area contributed by atoms with E-state index in [-0.39, 0.29) is 29.6 Å². The summed E-state index contributed by atoms with van der Waals surface area (Å²) in [7, 11) is 0. The van der Waals surface area contributed by atoms with Crippen LogP contribution in [0.2, 0.25) is 0 Å². The van der Waals surface area contributed by atoms with E-state index in [1.54, 1.807) is 18.2 Å². The third kappa shape index (κ3) is 6.57. The van der Waals surface area contributed by atoms with Gasteiger partial charge in [0.25, 0.3) is 5.91 Å². The molecule has 1 aliphatic heterocycles. The summed E-state index contributed by atoms with van der Waals surface area (Å²) in [4.78, 5) is 35.9. The van der Waals surface area contributed by atoms with Gasteiger partial charge in [0.05, 0.1) is 29.3 Å². The lowest BCUT2D eigenvalue weighted by atomic mass is 9.86. The monoisotopic (exact) mass is 583 g/mol. The molecule has 3 aromatic rings. The fraction of sp³-hybridized carbons (Fsp3) is 0.394. The predicted molar refractivity (Wildman–Crippen MR) is 161 cm³/mol. The summed E-state index contributed by atoms with van der Waals surface area (Å²) in [6, 6.07) is 9.86. The lowest BCUT2D eigenvalue weighted by molar-refractivity contribution is -0.289. The van der Waals surface area contributed by atoms with Gasteiger partial charge in [-0.15, -0.1) is 0 Å². The number of azide groups is 1. The molecule has 43 heavy (non-hydrogen) atoms. The van der Waals surface area contributed by atoms with Gasteiger partial charge in [-0.1, -0.05) is 38.1 Å². The fourth-order valence-electron chi connectivity index (χ4n) is 5.95. The van der Waals surface area contributed by atoms with Gasteiger partial charge >= 0.3 is 0 Å². The molecule has 0 N–H and O–H groups in total. The molecule has 1 fully saturated rings. The van der Waals surface area contributed by atoms with E-state index in [1.807, 2.05) is 32.1 Å². The molecule has 1 saturated heterocycles. The summed E-state index contributed by atoms with van der Waals surface area (Å²) in [6.45, 7) is 7.84. The molecule has 222 valence electrons. The largest absolute Gasteiger partial charge is 0.347 e. The zero-order valence-corrected chi connectivity index (χ0v) is 24.7. The van der Waals surface area contributed by atoms with E-state index in [0.29, 0.717) is 31.4 Å². The van der Waals surface area contributed by atoms with E-state index in [4.69, 9.17) is 20.0 Å². The number of aromatic nitrogens is 2. The second kappa shape index (κ2) is 12.6. The summed E-state index contributed by atoms with van der Waals surface area (Å²) in [5, 5.41) is 3.19. The first-order chi connectivity index (χ1) is 20.6. The van der Waals surface area contributed by atoms with E-state index >= 15 is 0 Å². The number of pyridine rings is 2. The number of halogens is 1. The van der Waals surface area contributed by atoms with Crippen LogP contribution in [0.25, 0.3) is 38.9 Å². The van der Waals surface area contributed by atoms with Gasteiger partial charge in [0.15, 0.2) is 5.79 Å². The third-order valence-electron chi connectivity index (χ3n) is 7.69. The lowest BCUT2D eigenvalue weighted by Gasteiger charge is -2.39. The van der Waals surface area contributed by atoms with Crippen molar-refractivity contribution < 1.29 is 23.5 Å². The van der Waals surface area contributed by atoms with Gasteiger partial charge in [-0.3, -0.25) is 9.78 Å². The number of aryl methyl sites for hydroxylation is 1. The van der Waals surface area contributed by atoms with E-state index < -0.39 is 11.7 Å². The molecule has 10 heteroatoms. The Morgan fingerprint density at radius 2 is 1.93 bits per heavy atom. The number of benzene rings is 1. The molecule has 2 aromatic heterocycles. The zero-order valence-electron chi connectivity index (χ0n) is 24.7. The highest BCUT2D eigenvalue weighted by atomic mass is 19.1. The van der Waals surface area contributed by atoms with E-state index in [1.165, 1.54) is 12.1 Å². The van der Waals surface area contributed by atoms with Crippen LogP contribution in [-0.2, 0) is 27.1 Å². The zero-order chi connectivity index (χ0) is 30.7. The quantitative estimate of drug-likeness (QED) is 0.122. The third-order valence-corrected chi connectivity index (χ3v) is 7.69. The summed E-state index contributed by atoms with van der Waals surface area (Å²) < 4.78 is 26.2. The van der Waals surface area contributed by atoms with E-state index in [0.717, 1.165) is 51.9 Å². The number of carbonyl (C=O) groups excluding carboxylic acids is 2. The van der Waals surface area contributed by atoms with E-state index in [2.05, 4.69) is 28.9 Å². The van der Waals surface area contributed by atoms with Gasteiger partial charge in [-0.05, 0) is 90.6 Å². The van der Waals surface area contributed by atoms with Gasteiger partial charge in [0.1, 0.15) is 17.8 Å². The number of ether oxygens (including phenoxy) is 2. The smallest absolute Gasteiger partial charge is 0.267 e. The van der Waals surface area contributed by atoms with E-state index in [9.17, 15) is 14.0 Å². The van der Waals surface area contributed by atoms with Crippen LogP contribution >= 0.6 is 0 Å². The van der Waals surface area contributed by atoms with Crippen molar-refractivity contribution in [2.75, 3.05) is 0 Å². The van der Waals surface area contributed by atoms with Crippen LogP contribution in [0.4, 0.5) is 4.39 Å². The standard InChI is InChI=1S/C33H34FN5O4/c1-19(2)30-26(13-12-22-18-23(16-17-40)43-33(3,4)42-22)29(20-8-10-21(34)11-9-20)25-6-5-7-27-24(31(25)37-30)14-15-28(36-27)32(41)38-39-35/h8-15,17,19,22-23H,5-7,16,18H2,1-4H3/b13-12+/t22-,23+/m1/s1. The molecular weight excluding hydrogens is 549 g/mol. The van der Waals surface area contributed by atoms with Crippen LogP contribution < -0.4 is 0 Å². The van der Waals surface area contributed by atoms with Crippen molar-refractivity contribution in [2.45, 2.75) is 83.7 Å². The number of amides is 1. The summed E-state index contributed by atoms with van der Waals surface area (Å²) in [6.07, 6.45) is 7.25. The van der Waals surface area contributed by atoms with Gasteiger partial charge in [0, 0.05) is 28.9 Å². The molecule has 3 heterocycles. The average Bonchev–Trinajstić information content (AvgIpc) is 3.14. The Morgan fingerprint density at radius 1 is 1.16 bits per heavy atom. The van der Waals surface area contributed by atoms with Crippen LogP contribution in [0.1, 0.15) is 85.9 Å². The first kappa shape index (κ1) is 30.2. The molecule has 0 spiro atoms. The van der Waals surface area contributed by atoms with Crippen molar-refractivity contribution >= 4 is 18.3 Å². The molecule has 9 nitrogen and oxygen atoms in total. The highest BCUT2D eigenvalue weighted by molar-refractivity contribution is 5.94. The van der Waals surface area contributed by atoms with Crippen molar-refractivity contribution in [1.29, 1.82) is 0 Å². The summed E-state index contributed by atoms with van der Waals surface area (Å²) in [5.74, 6) is -1.87. The Balaban J connectivity index is 1.70. The highest BCUT2D eigenvalue weighted by Crippen LogP contribution is 2.42. The van der Waals surface area contributed by atoms with Crippen molar-refractivity contribution in [2.24, 2.45) is 5.11 Å².